The smallest absolute Gasteiger partial charge is 0.293 e. The van der Waals surface area contributed by atoms with E-state index in [0.29, 0.717) is 11.9 Å². The van der Waals surface area contributed by atoms with E-state index in [0.717, 1.165) is 39.0 Å². The van der Waals surface area contributed by atoms with Gasteiger partial charge in [-0.2, -0.15) is 0 Å². The highest BCUT2D eigenvalue weighted by molar-refractivity contribution is 7.09. The van der Waals surface area contributed by atoms with Crippen LogP contribution in [0.2, 0.25) is 0 Å². The first-order chi connectivity index (χ1) is 13.2. The molecule has 1 saturated heterocycles. The van der Waals surface area contributed by atoms with Gasteiger partial charge in [0, 0.05) is 61.9 Å². The normalized spacial score (nSPS) is 17.4. The van der Waals surface area contributed by atoms with Crippen molar-refractivity contribution in [1.29, 1.82) is 0 Å². The van der Waals surface area contributed by atoms with Crippen molar-refractivity contribution in [1.82, 2.24) is 19.4 Å². The van der Waals surface area contributed by atoms with Gasteiger partial charge in [-0.15, -0.1) is 11.3 Å². The van der Waals surface area contributed by atoms with Gasteiger partial charge in [0.15, 0.2) is 5.82 Å². The number of rotatable bonds is 6. The van der Waals surface area contributed by atoms with Crippen LogP contribution in [0, 0.1) is 0 Å². The van der Waals surface area contributed by atoms with Gasteiger partial charge in [-0.1, -0.05) is 6.07 Å². The van der Waals surface area contributed by atoms with E-state index in [1.54, 1.807) is 35.3 Å². The Hall–Kier alpha value is -2.38. The summed E-state index contributed by atoms with van der Waals surface area (Å²) >= 11 is 1.79. The summed E-state index contributed by atoms with van der Waals surface area (Å²) in [7, 11) is 1.77. The second-order valence-electron chi connectivity index (χ2n) is 7.04. The topological polar surface area (TPSA) is 55.1 Å². The minimum Gasteiger partial charge on any atom is -0.350 e. The molecule has 4 rings (SSSR count). The van der Waals surface area contributed by atoms with Crippen LogP contribution in [0.25, 0.3) is 0 Å². The Morgan fingerprint density at radius 1 is 1.30 bits per heavy atom. The first kappa shape index (κ1) is 18.0. The van der Waals surface area contributed by atoms with E-state index in [1.165, 1.54) is 10.6 Å². The van der Waals surface area contributed by atoms with Crippen molar-refractivity contribution in [2.75, 3.05) is 18.0 Å². The van der Waals surface area contributed by atoms with E-state index in [9.17, 15) is 4.79 Å². The predicted octanol–water partition coefficient (Wildman–Crippen LogP) is 2.45. The lowest BCUT2D eigenvalue weighted by Gasteiger charge is -2.33. The number of nitrogens with zero attached hydrogens (tertiary/aromatic N) is 4. The Labute approximate surface area is 163 Å². The molecule has 1 aliphatic heterocycles. The number of hydrogen-bond acceptors (Lipinski definition) is 5. The lowest BCUT2D eigenvalue weighted by atomic mass is 10.1. The fourth-order valence-electron chi connectivity index (χ4n) is 3.62. The monoisotopic (exact) mass is 383 g/mol. The van der Waals surface area contributed by atoms with Gasteiger partial charge in [0.25, 0.3) is 5.56 Å². The molecule has 3 aromatic heterocycles. The van der Waals surface area contributed by atoms with E-state index in [4.69, 9.17) is 0 Å². The largest absolute Gasteiger partial charge is 0.350 e. The second-order valence-corrected chi connectivity index (χ2v) is 8.07. The van der Waals surface area contributed by atoms with Crippen molar-refractivity contribution in [3.63, 3.8) is 0 Å². The number of aryl methyl sites for hydroxylation is 1. The summed E-state index contributed by atoms with van der Waals surface area (Å²) in [5.74, 6) is 0.563. The van der Waals surface area contributed by atoms with E-state index in [1.807, 2.05) is 0 Å². The molecule has 142 valence electrons. The fourth-order valence-corrected chi connectivity index (χ4v) is 4.32. The van der Waals surface area contributed by atoms with Gasteiger partial charge in [0.05, 0.1) is 6.54 Å². The maximum atomic E-state index is 12.4. The molecular weight excluding hydrogens is 358 g/mol. The van der Waals surface area contributed by atoms with Crippen LogP contribution in [-0.2, 0) is 20.1 Å². The van der Waals surface area contributed by atoms with Gasteiger partial charge in [-0.25, -0.2) is 4.98 Å². The van der Waals surface area contributed by atoms with Crippen LogP contribution in [0.3, 0.4) is 0 Å². The van der Waals surface area contributed by atoms with Crippen LogP contribution >= 0.6 is 11.3 Å². The molecule has 0 aromatic carbocycles. The van der Waals surface area contributed by atoms with E-state index in [-0.39, 0.29) is 5.56 Å². The molecule has 0 saturated carbocycles. The van der Waals surface area contributed by atoms with Gasteiger partial charge in [-0.05, 0) is 36.4 Å². The maximum absolute atomic E-state index is 12.4. The zero-order valence-electron chi connectivity index (χ0n) is 15.5. The van der Waals surface area contributed by atoms with Gasteiger partial charge in [0.2, 0.25) is 0 Å². The third kappa shape index (κ3) is 4.14. The number of hydrogen-bond donors (Lipinski definition) is 1. The first-order valence-electron chi connectivity index (χ1n) is 9.37. The molecule has 0 spiro atoms. The molecule has 1 atom stereocenters. The first-order valence-corrected chi connectivity index (χ1v) is 10.2. The molecule has 3 aromatic rings. The molecule has 1 fully saturated rings. The van der Waals surface area contributed by atoms with Crippen LogP contribution in [0.5, 0.6) is 0 Å². The Morgan fingerprint density at radius 2 is 2.22 bits per heavy atom. The number of aromatic nitrogens is 3. The highest BCUT2D eigenvalue weighted by Crippen LogP contribution is 2.16. The third-order valence-corrected chi connectivity index (χ3v) is 5.98. The zero-order valence-corrected chi connectivity index (χ0v) is 16.4. The minimum absolute atomic E-state index is 0.0250. The summed E-state index contributed by atoms with van der Waals surface area (Å²) in [5.41, 5.74) is 1.26. The number of piperidine rings is 1. The number of anilines is 1. The van der Waals surface area contributed by atoms with Gasteiger partial charge in [0.1, 0.15) is 0 Å². The summed E-state index contributed by atoms with van der Waals surface area (Å²) in [6.45, 7) is 3.45. The van der Waals surface area contributed by atoms with Crippen molar-refractivity contribution in [3.05, 3.63) is 69.2 Å². The molecule has 0 bridgehead atoms. The lowest BCUT2D eigenvalue weighted by Crippen LogP contribution is -2.47. The Kier molecular flexibility index (Phi) is 5.40. The third-order valence-electron chi connectivity index (χ3n) is 5.12. The predicted molar refractivity (Wildman–Crippen MR) is 109 cm³/mol. The van der Waals surface area contributed by atoms with Gasteiger partial charge >= 0.3 is 0 Å². The molecule has 7 heteroatoms. The standard InChI is InChI=1S/C20H25N5OS/c1-23-11-8-21-19(20(23)26)25-10-2-5-16(14-25)22-13-17-6-3-9-24(17)15-18-7-4-12-27-18/h3-4,6-9,11-12,16,22H,2,5,10,13-15H2,1H3/t16-/m1/s1. The summed E-state index contributed by atoms with van der Waals surface area (Å²) in [6.07, 6.45) is 7.73. The molecule has 1 aliphatic rings. The second kappa shape index (κ2) is 8.10. The molecule has 4 heterocycles. The van der Waals surface area contributed by atoms with Crippen LogP contribution in [0.4, 0.5) is 5.82 Å². The lowest BCUT2D eigenvalue weighted by molar-refractivity contribution is 0.414. The Balaban J connectivity index is 1.38. The average molecular weight is 384 g/mol. The molecule has 0 radical (unpaired) electrons. The van der Waals surface area contributed by atoms with E-state index >= 15 is 0 Å². The van der Waals surface area contributed by atoms with Gasteiger partial charge in [-0.3, -0.25) is 4.79 Å². The molecular formula is C20H25N5OS. The van der Waals surface area contributed by atoms with Crippen LogP contribution in [-0.4, -0.2) is 33.2 Å². The van der Waals surface area contributed by atoms with Crippen molar-refractivity contribution < 1.29 is 0 Å². The number of nitrogens with one attached hydrogen (secondary N) is 1. The zero-order chi connectivity index (χ0) is 18.6. The summed E-state index contributed by atoms with van der Waals surface area (Å²) < 4.78 is 3.89. The Morgan fingerprint density at radius 3 is 3.07 bits per heavy atom. The number of thiophene rings is 1. The Bertz CT molecular complexity index is 930. The van der Waals surface area contributed by atoms with Crippen LogP contribution < -0.4 is 15.8 Å². The molecule has 1 N–H and O–H groups in total. The van der Waals surface area contributed by atoms with Gasteiger partial charge < -0.3 is 19.4 Å². The summed E-state index contributed by atoms with van der Waals surface area (Å²) in [5, 5.41) is 5.80. The quantitative estimate of drug-likeness (QED) is 0.710. The van der Waals surface area contributed by atoms with Crippen molar-refractivity contribution in [3.8, 4) is 0 Å². The van der Waals surface area contributed by atoms with E-state index < -0.39 is 0 Å². The molecule has 0 amide bonds. The maximum Gasteiger partial charge on any atom is 0.293 e. The van der Waals surface area contributed by atoms with E-state index in [2.05, 4.69) is 55.6 Å². The molecule has 0 aliphatic carbocycles. The van der Waals surface area contributed by atoms with Crippen molar-refractivity contribution in [2.24, 2.45) is 7.05 Å². The van der Waals surface area contributed by atoms with Crippen LogP contribution in [0.15, 0.2) is 53.0 Å². The fraction of sp³-hybridized carbons (Fsp3) is 0.400. The van der Waals surface area contributed by atoms with Crippen LogP contribution in [0.1, 0.15) is 23.4 Å². The molecule has 27 heavy (non-hydrogen) atoms. The molecule has 6 nitrogen and oxygen atoms in total. The van der Waals surface area contributed by atoms with Crippen molar-refractivity contribution in [2.45, 2.75) is 32.0 Å². The highest BCUT2D eigenvalue weighted by Gasteiger charge is 2.22. The SMILES string of the molecule is Cn1ccnc(N2CCC[C@@H](NCc3cccn3Cc3cccs3)C2)c1=O. The summed E-state index contributed by atoms with van der Waals surface area (Å²) in [4.78, 5) is 20.2. The molecule has 0 unspecified atom stereocenters. The van der Waals surface area contributed by atoms with Crippen molar-refractivity contribution >= 4 is 17.2 Å². The minimum atomic E-state index is -0.0250. The summed E-state index contributed by atoms with van der Waals surface area (Å²) in [6, 6.07) is 8.91. The highest BCUT2D eigenvalue weighted by atomic mass is 32.1. The average Bonchev–Trinajstić information content (AvgIpc) is 3.35.